The summed E-state index contributed by atoms with van der Waals surface area (Å²) in [5.74, 6) is 1.18. The van der Waals surface area contributed by atoms with E-state index in [0.717, 1.165) is 18.4 Å². The fourth-order valence-electron chi connectivity index (χ4n) is 4.35. The van der Waals surface area contributed by atoms with Crippen LogP contribution in [0, 0.1) is 5.92 Å². The molecule has 0 spiro atoms. The van der Waals surface area contributed by atoms with Crippen LogP contribution >= 0.6 is 0 Å². The van der Waals surface area contributed by atoms with Crippen molar-refractivity contribution in [3.8, 4) is 11.5 Å². The standard InChI is InChI=1S/C24H27NO5/c1-28-24(27)20-12-6-5-11-19(20)23(26)25(14-17-8-3-2-4-9-17)15-18-10-7-13-21-22(18)30-16-29-21/h5-7,10-13,17H,2-4,8-9,14-16H2,1H3. The van der Waals surface area contributed by atoms with E-state index in [1.807, 2.05) is 23.1 Å². The summed E-state index contributed by atoms with van der Waals surface area (Å²) in [6, 6.07) is 12.6. The number of hydrogen-bond donors (Lipinski definition) is 0. The Morgan fingerprint density at radius 2 is 1.77 bits per heavy atom. The van der Waals surface area contributed by atoms with Crippen molar-refractivity contribution < 1.29 is 23.8 Å². The summed E-state index contributed by atoms with van der Waals surface area (Å²) in [5, 5.41) is 0. The van der Waals surface area contributed by atoms with Crippen molar-refractivity contribution in [2.75, 3.05) is 20.4 Å². The zero-order valence-corrected chi connectivity index (χ0v) is 17.3. The average molecular weight is 409 g/mol. The van der Waals surface area contributed by atoms with E-state index in [9.17, 15) is 9.59 Å². The van der Waals surface area contributed by atoms with E-state index in [1.54, 1.807) is 24.3 Å². The molecule has 0 bridgehead atoms. The van der Waals surface area contributed by atoms with Crippen molar-refractivity contribution in [1.82, 2.24) is 4.90 Å². The predicted octanol–water partition coefficient (Wildman–Crippen LogP) is 4.42. The van der Waals surface area contributed by atoms with Crippen molar-refractivity contribution in [3.05, 3.63) is 59.2 Å². The molecule has 2 aromatic carbocycles. The van der Waals surface area contributed by atoms with Crippen LogP contribution in [0.5, 0.6) is 11.5 Å². The summed E-state index contributed by atoms with van der Waals surface area (Å²) in [6.07, 6.45) is 5.89. The van der Waals surface area contributed by atoms with Gasteiger partial charge in [-0.1, -0.05) is 43.5 Å². The Morgan fingerprint density at radius 3 is 2.53 bits per heavy atom. The number of ether oxygens (including phenoxy) is 3. The fourth-order valence-corrected chi connectivity index (χ4v) is 4.35. The first-order valence-corrected chi connectivity index (χ1v) is 10.5. The van der Waals surface area contributed by atoms with Crippen LogP contribution in [0.1, 0.15) is 58.4 Å². The van der Waals surface area contributed by atoms with Crippen LogP contribution < -0.4 is 9.47 Å². The number of para-hydroxylation sites is 1. The van der Waals surface area contributed by atoms with Gasteiger partial charge in [0.2, 0.25) is 6.79 Å². The van der Waals surface area contributed by atoms with Gasteiger partial charge in [-0.2, -0.15) is 0 Å². The molecule has 2 aromatic rings. The maximum atomic E-state index is 13.6. The van der Waals surface area contributed by atoms with Gasteiger partial charge in [0.15, 0.2) is 11.5 Å². The van der Waals surface area contributed by atoms with Crippen molar-refractivity contribution in [2.45, 2.75) is 38.6 Å². The molecule has 158 valence electrons. The van der Waals surface area contributed by atoms with E-state index in [1.165, 1.54) is 26.4 Å². The summed E-state index contributed by atoms with van der Waals surface area (Å²) >= 11 is 0. The number of carbonyl (C=O) groups is 2. The Hall–Kier alpha value is -3.02. The molecule has 0 saturated heterocycles. The number of amides is 1. The maximum absolute atomic E-state index is 13.6. The molecule has 0 unspecified atom stereocenters. The molecule has 1 fully saturated rings. The van der Waals surface area contributed by atoms with E-state index in [0.29, 0.717) is 36.1 Å². The van der Waals surface area contributed by atoms with Gasteiger partial charge in [0, 0.05) is 18.7 Å². The minimum absolute atomic E-state index is 0.168. The number of nitrogens with zero attached hydrogens (tertiary/aromatic N) is 1. The van der Waals surface area contributed by atoms with E-state index in [-0.39, 0.29) is 18.3 Å². The number of esters is 1. The van der Waals surface area contributed by atoms with Crippen LogP contribution in [0.3, 0.4) is 0 Å². The minimum atomic E-state index is -0.506. The Bertz CT molecular complexity index is 920. The number of fused-ring (bicyclic) bond motifs is 1. The van der Waals surface area contributed by atoms with Crippen LogP contribution in [0.2, 0.25) is 0 Å². The molecule has 1 saturated carbocycles. The molecule has 0 aromatic heterocycles. The van der Waals surface area contributed by atoms with Gasteiger partial charge in [-0.05, 0) is 37.0 Å². The predicted molar refractivity (Wildman–Crippen MR) is 112 cm³/mol. The van der Waals surface area contributed by atoms with Crippen molar-refractivity contribution in [1.29, 1.82) is 0 Å². The maximum Gasteiger partial charge on any atom is 0.338 e. The van der Waals surface area contributed by atoms with Gasteiger partial charge in [-0.25, -0.2) is 4.79 Å². The quantitative estimate of drug-likeness (QED) is 0.661. The summed E-state index contributed by atoms with van der Waals surface area (Å²) in [5.41, 5.74) is 1.56. The fraction of sp³-hybridized carbons (Fsp3) is 0.417. The lowest BCUT2D eigenvalue weighted by molar-refractivity contribution is 0.0585. The van der Waals surface area contributed by atoms with Gasteiger partial charge in [0.25, 0.3) is 5.91 Å². The van der Waals surface area contributed by atoms with Crippen LogP contribution in [-0.4, -0.2) is 37.2 Å². The molecule has 2 aliphatic rings. The van der Waals surface area contributed by atoms with Crippen LogP contribution in [0.25, 0.3) is 0 Å². The van der Waals surface area contributed by atoms with E-state index in [2.05, 4.69) is 0 Å². The van der Waals surface area contributed by atoms with Gasteiger partial charge >= 0.3 is 5.97 Å². The zero-order valence-electron chi connectivity index (χ0n) is 17.3. The Kier molecular flexibility index (Phi) is 6.21. The molecule has 30 heavy (non-hydrogen) atoms. The van der Waals surface area contributed by atoms with Gasteiger partial charge in [-0.3, -0.25) is 4.79 Å². The summed E-state index contributed by atoms with van der Waals surface area (Å²) in [7, 11) is 1.33. The largest absolute Gasteiger partial charge is 0.465 e. The number of methoxy groups -OCH3 is 1. The monoisotopic (exact) mass is 409 g/mol. The van der Waals surface area contributed by atoms with Gasteiger partial charge in [-0.15, -0.1) is 0 Å². The van der Waals surface area contributed by atoms with Gasteiger partial charge in [0.05, 0.1) is 18.2 Å². The molecule has 1 aliphatic heterocycles. The second-order valence-corrected chi connectivity index (χ2v) is 7.88. The number of rotatable bonds is 6. The third-order valence-electron chi connectivity index (χ3n) is 5.89. The lowest BCUT2D eigenvalue weighted by Gasteiger charge is -2.30. The van der Waals surface area contributed by atoms with Crippen molar-refractivity contribution in [2.24, 2.45) is 5.92 Å². The van der Waals surface area contributed by atoms with E-state index < -0.39 is 5.97 Å². The zero-order chi connectivity index (χ0) is 20.9. The second-order valence-electron chi connectivity index (χ2n) is 7.88. The summed E-state index contributed by atoms with van der Waals surface area (Å²) in [6.45, 7) is 1.24. The molecule has 1 aliphatic carbocycles. The van der Waals surface area contributed by atoms with Gasteiger partial charge < -0.3 is 19.1 Å². The highest BCUT2D eigenvalue weighted by Gasteiger charge is 2.27. The lowest BCUT2D eigenvalue weighted by Crippen LogP contribution is -2.36. The molecule has 6 heteroatoms. The van der Waals surface area contributed by atoms with Crippen LogP contribution in [-0.2, 0) is 11.3 Å². The summed E-state index contributed by atoms with van der Waals surface area (Å²) < 4.78 is 16.0. The molecule has 1 heterocycles. The minimum Gasteiger partial charge on any atom is -0.465 e. The Balaban J connectivity index is 1.64. The first-order chi connectivity index (χ1) is 14.7. The molecule has 4 rings (SSSR count). The Morgan fingerprint density at radius 1 is 1.00 bits per heavy atom. The van der Waals surface area contributed by atoms with Gasteiger partial charge in [0.1, 0.15) is 0 Å². The van der Waals surface area contributed by atoms with E-state index in [4.69, 9.17) is 14.2 Å². The number of hydrogen-bond acceptors (Lipinski definition) is 5. The number of carbonyl (C=O) groups excluding carboxylic acids is 2. The molecule has 0 atom stereocenters. The molecule has 6 nitrogen and oxygen atoms in total. The van der Waals surface area contributed by atoms with Crippen LogP contribution in [0.15, 0.2) is 42.5 Å². The van der Waals surface area contributed by atoms with Crippen LogP contribution in [0.4, 0.5) is 0 Å². The lowest BCUT2D eigenvalue weighted by atomic mass is 9.88. The first-order valence-electron chi connectivity index (χ1n) is 10.5. The molecule has 0 radical (unpaired) electrons. The average Bonchev–Trinajstić information content (AvgIpc) is 3.28. The highest BCUT2D eigenvalue weighted by atomic mass is 16.7. The van der Waals surface area contributed by atoms with Crippen molar-refractivity contribution >= 4 is 11.9 Å². The first kappa shape index (κ1) is 20.3. The normalized spacial score (nSPS) is 15.6. The highest BCUT2D eigenvalue weighted by molar-refractivity contribution is 6.05. The SMILES string of the molecule is COC(=O)c1ccccc1C(=O)N(Cc1cccc2c1OCO2)CC1CCCCC1. The summed E-state index contributed by atoms with van der Waals surface area (Å²) in [4.78, 5) is 27.7. The Labute approximate surface area is 176 Å². The second kappa shape index (κ2) is 9.20. The third kappa shape index (κ3) is 4.27. The highest BCUT2D eigenvalue weighted by Crippen LogP contribution is 2.36. The molecular weight excluding hydrogens is 382 g/mol. The smallest absolute Gasteiger partial charge is 0.338 e. The topological polar surface area (TPSA) is 65.1 Å². The molecular formula is C24H27NO5. The van der Waals surface area contributed by atoms with E-state index >= 15 is 0 Å². The number of benzene rings is 2. The molecule has 1 amide bonds. The molecule has 0 N–H and O–H groups in total. The third-order valence-corrected chi connectivity index (χ3v) is 5.89. The van der Waals surface area contributed by atoms with Crippen molar-refractivity contribution in [3.63, 3.8) is 0 Å².